The van der Waals surface area contributed by atoms with Crippen molar-refractivity contribution in [1.82, 2.24) is 10.2 Å². The minimum absolute atomic E-state index is 0.0424. The molecule has 0 aliphatic rings. The molecule has 0 aliphatic carbocycles. The van der Waals surface area contributed by atoms with E-state index in [-0.39, 0.29) is 12.3 Å². The number of hydrogen-bond donors (Lipinski definition) is 2. The van der Waals surface area contributed by atoms with Crippen LogP contribution in [0, 0.1) is 0 Å². The van der Waals surface area contributed by atoms with Gasteiger partial charge in [-0.15, -0.1) is 0 Å². The summed E-state index contributed by atoms with van der Waals surface area (Å²) >= 11 is 0. The van der Waals surface area contributed by atoms with Gasteiger partial charge < -0.3 is 15.3 Å². The lowest BCUT2D eigenvalue weighted by atomic mass is 10.2. The molecule has 2 N–H and O–H groups in total. The highest BCUT2D eigenvalue weighted by molar-refractivity contribution is 5.72. The van der Waals surface area contributed by atoms with E-state index in [1.165, 1.54) is 26.2 Å². The van der Waals surface area contributed by atoms with Crippen molar-refractivity contribution in [2.24, 2.45) is 0 Å². The Labute approximate surface area is 110 Å². The number of aliphatic carboxylic acids is 1. The smallest absolute Gasteiger partial charge is 0.304 e. The molecule has 0 bridgehead atoms. The van der Waals surface area contributed by atoms with Gasteiger partial charge in [0.2, 0.25) is 5.91 Å². The Morgan fingerprint density at radius 1 is 1.11 bits per heavy atom. The number of nitrogens with zero attached hydrogens (tertiary/aromatic N) is 1. The lowest BCUT2D eigenvalue weighted by Gasteiger charge is -2.21. The number of rotatable bonds is 11. The highest BCUT2D eigenvalue weighted by Crippen LogP contribution is 2.02. The predicted molar refractivity (Wildman–Crippen MR) is 71.5 cm³/mol. The summed E-state index contributed by atoms with van der Waals surface area (Å²) in [6.07, 6.45) is 4.85. The standard InChI is InChI=1S/C13H26N2O3/c1-3-4-5-6-9-15(10-7-13(17)18)11-8-14-12(2)16/h3-11H2,1-2H3,(H,14,16)(H,17,18). The van der Waals surface area contributed by atoms with Crippen LogP contribution in [0.15, 0.2) is 0 Å². The monoisotopic (exact) mass is 258 g/mol. The highest BCUT2D eigenvalue weighted by Gasteiger charge is 2.07. The van der Waals surface area contributed by atoms with E-state index in [0.29, 0.717) is 13.1 Å². The van der Waals surface area contributed by atoms with Gasteiger partial charge in [0.05, 0.1) is 6.42 Å². The van der Waals surface area contributed by atoms with Crippen molar-refractivity contribution in [3.63, 3.8) is 0 Å². The third kappa shape index (κ3) is 11.4. The molecule has 0 aliphatic heterocycles. The van der Waals surface area contributed by atoms with Crippen molar-refractivity contribution in [3.05, 3.63) is 0 Å². The minimum atomic E-state index is -0.770. The van der Waals surface area contributed by atoms with Crippen molar-refractivity contribution in [1.29, 1.82) is 0 Å². The Balaban J connectivity index is 3.83. The van der Waals surface area contributed by atoms with E-state index in [0.717, 1.165) is 19.5 Å². The zero-order chi connectivity index (χ0) is 13.8. The molecule has 0 heterocycles. The Hall–Kier alpha value is -1.10. The molecule has 0 spiro atoms. The Morgan fingerprint density at radius 2 is 1.83 bits per heavy atom. The molecule has 0 atom stereocenters. The van der Waals surface area contributed by atoms with Crippen molar-refractivity contribution in [3.8, 4) is 0 Å². The molecule has 0 radical (unpaired) electrons. The van der Waals surface area contributed by atoms with Gasteiger partial charge in [-0.3, -0.25) is 9.59 Å². The van der Waals surface area contributed by atoms with E-state index in [1.54, 1.807) is 0 Å². The first-order valence-electron chi connectivity index (χ1n) is 6.74. The van der Waals surface area contributed by atoms with E-state index in [9.17, 15) is 9.59 Å². The molecule has 0 saturated heterocycles. The molecule has 0 rings (SSSR count). The first kappa shape index (κ1) is 16.9. The van der Waals surface area contributed by atoms with Gasteiger partial charge in [0.15, 0.2) is 0 Å². The molecule has 0 saturated carbocycles. The van der Waals surface area contributed by atoms with Crippen LogP contribution in [0.3, 0.4) is 0 Å². The summed E-state index contributed by atoms with van der Waals surface area (Å²) in [6.45, 7) is 6.43. The molecular weight excluding hydrogens is 232 g/mol. The van der Waals surface area contributed by atoms with Crippen LogP contribution in [0.5, 0.6) is 0 Å². The number of carboxylic acid groups (broad SMARTS) is 1. The average Bonchev–Trinajstić information content (AvgIpc) is 2.30. The number of nitrogens with one attached hydrogen (secondary N) is 1. The number of carbonyl (C=O) groups is 2. The number of amides is 1. The van der Waals surface area contributed by atoms with Gasteiger partial charge in [0, 0.05) is 26.6 Å². The van der Waals surface area contributed by atoms with Crippen molar-refractivity contribution < 1.29 is 14.7 Å². The van der Waals surface area contributed by atoms with Crippen molar-refractivity contribution in [2.75, 3.05) is 26.2 Å². The van der Waals surface area contributed by atoms with Gasteiger partial charge in [0.1, 0.15) is 0 Å². The zero-order valence-corrected chi connectivity index (χ0v) is 11.6. The third-order valence-electron chi connectivity index (χ3n) is 2.77. The number of carboxylic acids is 1. The van der Waals surface area contributed by atoms with Crippen LogP contribution >= 0.6 is 0 Å². The highest BCUT2D eigenvalue weighted by atomic mass is 16.4. The maximum Gasteiger partial charge on any atom is 0.304 e. The maximum atomic E-state index is 10.8. The van der Waals surface area contributed by atoms with Crippen LogP contribution in [-0.4, -0.2) is 48.1 Å². The number of carbonyl (C=O) groups excluding carboxylic acids is 1. The molecule has 1 amide bonds. The second kappa shape index (κ2) is 11.0. The second-order valence-electron chi connectivity index (χ2n) is 4.53. The van der Waals surface area contributed by atoms with Gasteiger partial charge in [-0.1, -0.05) is 26.2 Å². The molecule has 18 heavy (non-hydrogen) atoms. The zero-order valence-electron chi connectivity index (χ0n) is 11.6. The van der Waals surface area contributed by atoms with E-state index in [4.69, 9.17) is 5.11 Å². The SMILES string of the molecule is CCCCCCN(CCNC(C)=O)CCC(=O)O. The summed E-state index contributed by atoms with van der Waals surface area (Å²) in [5.74, 6) is -0.813. The molecular formula is C13H26N2O3. The first-order chi connectivity index (χ1) is 8.56. The summed E-state index contributed by atoms with van der Waals surface area (Å²) in [6, 6.07) is 0. The van der Waals surface area contributed by atoms with Gasteiger partial charge in [0.25, 0.3) is 0 Å². The molecule has 0 aromatic heterocycles. The topological polar surface area (TPSA) is 69.6 Å². The largest absolute Gasteiger partial charge is 0.481 e. The fourth-order valence-corrected chi connectivity index (χ4v) is 1.74. The molecule has 0 unspecified atom stereocenters. The summed E-state index contributed by atoms with van der Waals surface area (Å²) in [7, 11) is 0. The minimum Gasteiger partial charge on any atom is -0.481 e. The summed E-state index contributed by atoms with van der Waals surface area (Å²) < 4.78 is 0. The van der Waals surface area contributed by atoms with Crippen molar-refractivity contribution in [2.45, 2.75) is 46.0 Å². The van der Waals surface area contributed by atoms with E-state index < -0.39 is 5.97 Å². The fraction of sp³-hybridized carbons (Fsp3) is 0.846. The first-order valence-corrected chi connectivity index (χ1v) is 6.74. The molecule has 0 aromatic carbocycles. The van der Waals surface area contributed by atoms with Crippen LogP contribution in [0.25, 0.3) is 0 Å². The van der Waals surface area contributed by atoms with E-state index in [2.05, 4.69) is 17.1 Å². The molecule has 0 fully saturated rings. The lowest BCUT2D eigenvalue weighted by Crippen LogP contribution is -2.35. The maximum absolute atomic E-state index is 10.8. The number of hydrogen-bond acceptors (Lipinski definition) is 3. The quantitative estimate of drug-likeness (QED) is 0.551. The van der Waals surface area contributed by atoms with Crippen LogP contribution < -0.4 is 5.32 Å². The molecule has 5 nitrogen and oxygen atoms in total. The Bertz CT molecular complexity index is 244. The molecule has 106 valence electrons. The van der Waals surface area contributed by atoms with Crippen molar-refractivity contribution >= 4 is 11.9 Å². The predicted octanol–water partition coefficient (Wildman–Crippen LogP) is 1.48. The number of unbranched alkanes of at least 4 members (excludes halogenated alkanes) is 3. The van der Waals surface area contributed by atoms with Crippen LogP contribution in [0.2, 0.25) is 0 Å². The second-order valence-corrected chi connectivity index (χ2v) is 4.53. The van der Waals surface area contributed by atoms with Gasteiger partial charge in [-0.05, 0) is 13.0 Å². The van der Waals surface area contributed by atoms with Crippen LogP contribution in [-0.2, 0) is 9.59 Å². The summed E-state index contributed by atoms with van der Waals surface area (Å²) in [5.41, 5.74) is 0. The van der Waals surface area contributed by atoms with Gasteiger partial charge in [-0.25, -0.2) is 0 Å². The summed E-state index contributed by atoms with van der Waals surface area (Å²) in [5, 5.41) is 11.4. The Morgan fingerprint density at radius 3 is 2.39 bits per heavy atom. The third-order valence-corrected chi connectivity index (χ3v) is 2.77. The fourth-order valence-electron chi connectivity index (χ4n) is 1.74. The molecule has 0 aromatic rings. The van der Waals surface area contributed by atoms with E-state index in [1.807, 2.05) is 0 Å². The van der Waals surface area contributed by atoms with E-state index >= 15 is 0 Å². The Kier molecular flexibility index (Phi) is 10.3. The van der Waals surface area contributed by atoms with Crippen LogP contribution in [0.4, 0.5) is 0 Å². The summed E-state index contributed by atoms with van der Waals surface area (Å²) in [4.78, 5) is 23.4. The van der Waals surface area contributed by atoms with Gasteiger partial charge in [-0.2, -0.15) is 0 Å². The normalized spacial score (nSPS) is 10.6. The lowest BCUT2D eigenvalue weighted by molar-refractivity contribution is -0.137. The average molecular weight is 258 g/mol. The van der Waals surface area contributed by atoms with Crippen LogP contribution in [0.1, 0.15) is 46.0 Å². The van der Waals surface area contributed by atoms with Gasteiger partial charge >= 0.3 is 5.97 Å². The molecule has 5 heteroatoms.